The monoisotopic (exact) mass is 348 g/mol. The quantitative estimate of drug-likeness (QED) is 0.925. The fraction of sp³-hybridized carbons (Fsp3) is 0.353. The van der Waals surface area contributed by atoms with Crippen molar-refractivity contribution in [2.24, 2.45) is 13.0 Å². The minimum Gasteiger partial charge on any atom is -0.339 e. The topological polar surface area (TPSA) is 67.2 Å². The summed E-state index contributed by atoms with van der Waals surface area (Å²) in [6.07, 6.45) is 2.69. The molecule has 0 saturated carbocycles. The minimum absolute atomic E-state index is 0.140. The summed E-state index contributed by atoms with van der Waals surface area (Å²) >= 11 is 0. The van der Waals surface area contributed by atoms with Crippen molar-refractivity contribution in [3.63, 3.8) is 0 Å². The van der Waals surface area contributed by atoms with E-state index in [2.05, 4.69) is 10.4 Å². The van der Waals surface area contributed by atoms with E-state index in [9.17, 15) is 18.4 Å². The van der Waals surface area contributed by atoms with Crippen LogP contribution in [-0.4, -0.2) is 39.6 Å². The number of likely N-dealkylation sites (tertiary alicyclic amines) is 1. The SMILES string of the molecule is Cn1ccc(NC(=O)C2CCN(C(=O)c3ccc(F)cc3F)CC2)n1. The van der Waals surface area contributed by atoms with Gasteiger partial charge in [0, 0.05) is 44.4 Å². The molecular formula is C17H18F2N4O2. The number of benzene rings is 1. The number of hydrogen-bond acceptors (Lipinski definition) is 3. The second-order valence-electron chi connectivity index (χ2n) is 6.05. The summed E-state index contributed by atoms with van der Waals surface area (Å²) in [6, 6.07) is 4.60. The number of nitrogens with one attached hydrogen (secondary N) is 1. The van der Waals surface area contributed by atoms with Crippen LogP contribution in [-0.2, 0) is 11.8 Å². The number of piperidine rings is 1. The van der Waals surface area contributed by atoms with Crippen molar-refractivity contribution in [3.05, 3.63) is 47.7 Å². The molecule has 2 aromatic rings. The van der Waals surface area contributed by atoms with Gasteiger partial charge in [0.2, 0.25) is 5.91 Å². The lowest BCUT2D eigenvalue weighted by molar-refractivity contribution is -0.121. The standard InChI is InChI=1S/C17H18F2N4O2/c1-22-7-6-15(21-22)20-16(24)11-4-8-23(9-5-11)17(25)13-3-2-12(18)10-14(13)19/h2-3,6-7,10-11H,4-5,8-9H2,1H3,(H,20,21,24). The molecule has 2 amide bonds. The Morgan fingerprint density at radius 1 is 1.20 bits per heavy atom. The Morgan fingerprint density at radius 3 is 2.52 bits per heavy atom. The first-order valence-corrected chi connectivity index (χ1v) is 7.99. The Bertz CT molecular complexity index is 798. The van der Waals surface area contributed by atoms with Gasteiger partial charge in [0.1, 0.15) is 11.6 Å². The lowest BCUT2D eigenvalue weighted by Crippen LogP contribution is -2.41. The minimum atomic E-state index is -0.875. The van der Waals surface area contributed by atoms with E-state index < -0.39 is 17.5 Å². The highest BCUT2D eigenvalue weighted by Gasteiger charge is 2.29. The number of halogens is 2. The summed E-state index contributed by atoms with van der Waals surface area (Å²) < 4.78 is 28.3. The van der Waals surface area contributed by atoms with Crippen LogP contribution in [0.2, 0.25) is 0 Å². The van der Waals surface area contributed by atoms with Gasteiger partial charge in [0.05, 0.1) is 5.56 Å². The highest BCUT2D eigenvalue weighted by Crippen LogP contribution is 2.21. The third kappa shape index (κ3) is 3.84. The number of nitrogens with zero attached hydrogens (tertiary/aromatic N) is 3. The lowest BCUT2D eigenvalue weighted by atomic mass is 9.95. The van der Waals surface area contributed by atoms with Crippen molar-refractivity contribution in [2.45, 2.75) is 12.8 Å². The zero-order chi connectivity index (χ0) is 18.0. The van der Waals surface area contributed by atoms with Gasteiger partial charge >= 0.3 is 0 Å². The van der Waals surface area contributed by atoms with E-state index in [0.717, 1.165) is 12.1 Å². The van der Waals surface area contributed by atoms with Crippen LogP contribution in [0.4, 0.5) is 14.6 Å². The van der Waals surface area contributed by atoms with Gasteiger partial charge in [-0.2, -0.15) is 5.10 Å². The molecule has 1 saturated heterocycles. The second kappa shape index (κ2) is 7.00. The van der Waals surface area contributed by atoms with Gasteiger partial charge < -0.3 is 10.2 Å². The Kier molecular flexibility index (Phi) is 4.78. The van der Waals surface area contributed by atoms with Crippen LogP contribution in [0.25, 0.3) is 0 Å². The first-order valence-electron chi connectivity index (χ1n) is 7.99. The molecule has 2 heterocycles. The van der Waals surface area contributed by atoms with Crippen molar-refractivity contribution in [1.29, 1.82) is 0 Å². The molecule has 132 valence electrons. The summed E-state index contributed by atoms with van der Waals surface area (Å²) in [5.74, 6) is -1.97. The van der Waals surface area contributed by atoms with Gasteiger partial charge in [-0.05, 0) is 25.0 Å². The average Bonchev–Trinajstić information content (AvgIpc) is 2.99. The van der Waals surface area contributed by atoms with Gasteiger partial charge in [-0.15, -0.1) is 0 Å². The highest BCUT2D eigenvalue weighted by atomic mass is 19.1. The largest absolute Gasteiger partial charge is 0.339 e. The number of aromatic nitrogens is 2. The normalized spacial score (nSPS) is 15.2. The number of hydrogen-bond donors (Lipinski definition) is 1. The van der Waals surface area contributed by atoms with Crippen molar-refractivity contribution >= 4 is 17.6 Å². The first-order chi connectivity index (χ1) is 11.9. The Balaban J connectivity index is 1.57. The summed E-state index contributed by atoms with van der Waals surface area (Å²) in [4.78, 5) is 26.1. The van der Waals surface area contributed by atoms with Gasteiger partial charge in [-0.3, -0.25) is 14.3 Å². The Hall–Kier alpha value is -2.77. The summed E-state index contributed by atoms with van der Waals surface area (Å²) in [5.41, 5.74) is -0.155. The molecule has 3 rings (SSSR count). The molecule has 1 fully saturated rings. The van der Waals surface area contributed by atoms with E-state index in [1.54, 1.807) is 24.0 Å². The molecule has 0 radical (unpaired) electrons. The zero-order valence-electron chi connectivity index (χ0n) is 13.7. The van der Waals surface area contributed by atoms with E-state index in [4.69, 9.17) is 0 Å². The molecule has 0 bridgehead atoms. The maximum atomic E-state index is 13.7. The molecule has 25 heavy (non-hydrogen) atoms. The van der Waals surface area contributed by atoms with E-state index in [-0.39, 0.29) is 17.4 Å². The Labute approximate surface area is 143 Å². The summed E-state index contributed by atoms with van der Waals surface area (Å²) in [6.45, 7) is 0.686. The van der Waals surface area contributed by atoms with Gasteiger partial charge in [0.25, 0.3) is 5.91 Å². The molecule has 0 unspecified atom stereocenters. The summed E-state index contributed by atoms with van der Waals surface area (Å²) in [7, 11) is 1.76. The third-order valence-corrected chi connectivity index (χ3v) is 4.28. The van der Waals surface area contributed by atoms with Crippen LogP contribution in [0.5, 0.6) is 0 Å². The number of amides is 2. The van der Waals surface area contributed by atoms with Crippen molar-refractivity contribution < 1.29 is 18.4 Å². The van der Waals surface area contributed by atoms with Crippen LogP contribution >= 0.6 is 0 Å². The van der Waals surface area contributed by atoms with Crippen LogP contribution < -0.4 is 5.32 Å². The Morgan fingerprint density at radius 2 is 1.92 bits per heavy atom. The molecule has 1 aliphatic rings. The fourth-order valence-electron chi connectivity index (χ4n) is 2.89. The number of anilines is 1. The van der Waals surface area contributed by atoms with Crippen molar-refractivity contribution in [1.82, 2.24) is 14.7 Å². The predicted molar refractivity (Wildman–Crippen MR) is 86.8 cm³/mol. The molecule has 1 aliphatic heterocycles. The van der Waals surface area contributed by atoms with Crippen molar-refractivity contribution in [3.8, 4) is 0 Å². The smallest absolute Gasteiger partial charge is 0.256 e. The zero-order valence-corrected chi connectivity index (χ0v) is 13.7. The maximum absolute atomic E-state index is 13.7. The third-order valence-electron chi connectivity index (χ3n) is 4.28. The molecule has 0 aliphatic carbocycles. The number of carbonyl (C=O) groups excluding carboxylic acids is 2. The molecule has 1 aromatic heterocycles. The van der Waals surface area contributed by atoms with Crippen LogP contribution in [0.15, 0.2) is 30.5 Å². The van der Waals surface area contributed by atoms with Gasteiger partial charge in [-0.25, -0.2) is 8.78 Å². The number of rotatable bonds is 3. The van der Waals surface area contributed by atoms with Crippen molar-refractivity contribution in [2.75, 3.05) is 18.4 Å². The molecule has 0 spiro atoms. The molecule has 8 heteroatoms. The summed E-state index contributed by atoms with van der Waals surface area (Å²) in [5, 5.41) is 6.84. The van der Waals surface area contributed by atoms with Gasteiger partial charge in [0.15, 0.2) is 5.82 Å². The first kappa shape index (κ1) is 17.1. The maximum Gasteiger partial charge on any atom is 0.256 e. The molecule has 1 N–H and O–H groups in total. The average molecular weight is 348 g/mol. The fourth-order valence-corrected chi connectivity index (χ4v) is 2.89. The number of carbonyl (C=O) groups is 2. The lowest BCUT2D eigenvalue weighted by Gasteiger charge is -2.31. The molecule has 6 nitrogen and oxygen atoms in total. The van der Waals surface area contributed by atoms with E-state index in [1.807, 2.05) is 0 Å². The van der Waals surface area contributed by atoms with E-state index in [0.29, 0.717) is 37.8 Å². The van der Waals surface area contributed by atoms with Crippen LogP contribution in [0.1, 0.15) is 23.2 Å². The molecular weight excluding hydrogens is 330 g/mol. The number of aryl methyl sites for hydroxylation is 1. The van der Waals surface area contributed by atoms with E-state index >= 15 is 0 Å². The van der Waals surface area contributed by atoms with Crippen LogP contribution in [0, 0.1) is 17.6 Å². The molecule has 0 atom stereocenters. The van der Waals surface area contributed by atoms with Crippen LogP contribution in [0.3, 0.4) is 0 Å². The second-order valence-corrected chi connectivity index (χ2v) is 6.05. The highest BCUT2D eigenvalue weighted by molar-refractivity contribution is 5.95. The molecule has 1 aromatic carbocycles. The van der Waals surface area contributed by atoms with Gasteiger partial charge in [-0.1, -0.05) is 0 Å². The van der Waals surface area contributed by atoms with E-state index in [1.165, 1.54) is 4.90 Å². The predicted octanol–water partition coefficient (Wildman–Crippen LogP) is 2.19.